The minimum absolute atomic E-state index is 0.0393. The van der Waals surface area contributed by atoms with Gasteiger partial charge in [-0.15, -0.1) is 0 Å². The van der Waals surface area contributed by atoms with Crippen molar-refractivity contribution < 1.29 is 13.2 Å². The predicted molar refractivity (Wildman–Crippen MR) is 240 cm³/mol. The Kier molecular flexibility index (Phi) is 8.70. The zero-order valence-electron chi connectivity index (χ0n) is 32.4. The van der Waals surface area contributed by atoms with Crippen LogP contribution in [-0.2, 0) is 6.18 Å². The number of para-hydroxylation sites is 3. The molecule has 6 nitrogen and oxygen atoms in total. The van der Waals surface area contributed by atoms with Gasteiger partial charge in [-0.05, 0) is 75.8 Å². The average Bonchev–Trinajstić information content (AvgIpc) is 3.82. The maximum absolute atomic E-state index is 15.0. The second kappa shape index (κ2) is 14.4. The summed E-state index contributed by atoms with van der Waals surface area (Å²) in [5, 5.41) is 13.6. The lowest BCUT2D eigenvalue weighted by atomic mass is 9.94. The number of hydrogen-bond acceptors (Lipinski definition) is 1. The van der Waals surface area contributed by atoms with Gasteiger partial charge in [-0.25, -0.2) is 14.5 Å². The van der Waals surface area contributed by atoms with Crippen LogP contribution < -0.4 is 0 Å². The number of benzene rings is 8. The van der Waals surface area contributed by atoms with Crippen molar-refractivity contribution in [3.63, 3.8) is 0 Å². The molecule has 8 aromatic carbocycles. The summed E-state index contributed by atoms with van der Waals surface area (Å²) in [4.78, 5) is 11.2. The summed E-state index contributed by atoms with van der Waals surface area (Å²) in [6.45, 7) is 24.4. The van der Waals surface area contributed by atoms with Crippen LogP contribution in [0, 0.1) is 31.0 Å². The van der Waals surface area contributed by atoms with E-state index in [0.29, 0.717) is 28.1 Å². The smallest absolute Gasteiger partial charge is 0.308 e. The van der Waals surface area contributed by atoms with E-state index in [9.17, 15) is 18.4 Å². The Morgan fingerprint density at radius 1 is 0.452 bits per heavy atom. The summed E-state index contributed by atoms with van der Waals surface area (Å²) in [6, 6.07) is 51.2. The van der Waals surface area contributed by atoms with Crippen LogP contribution in [0.4, 0.5) is 30.2 Å². The molecule has 2 heterocycles. The maximum atomic E-state index is 15.0. The highest BCUT2D eigenvalue weighted by molar-refractivity contribution is 6.13. The number of nitriles is 1. The molecule has 0 spiro atoms. The summed E-state index contributed by atoms with van der Waals surface area (Å²) < 4.78 is 49.0. The van der Waals surface area contributed by atoms with Gasteiger partial charge in [-0.3, -0.25) is 0 Å². The molecule has 0 saturated carbocycles. The van der Waals surface area contributed by atoms with Gasteiger partial charge < -0.3 is 9.13 Å². The average molecular weight is 805 g/mol. The van der Waals surface area contributed by atoms with Crippen LogP contribution in [0.25, 0.3) is 103 Å². The van der Waals surface area contributed by atoms with Crippen molar-refractivity contribution in [3.8, 4) is 50.8 Å². The van der Waals surface area contributed by atoms with Gasteiger partial charge in [-0.1, -0.05) is 121 Å². The summed E-state index contributed by atoms with van der Waals surface area (Å²) in [5.74, 6) is 0. The topological polar surface area (TPSA) is 46.7 Å². The van der Waals surface area contributed by atoms with Crippen molar-refractivity contribution in [3.05, 3.63) is 209 Å². The molecule has 10 aromatic rings. The van der Waals surface area contributed by atoms with Crippen LogP contribution in [0.3, 0.4) is 0 Å². The van der Waals surface area contributed by atoms with Crippen molar-refractivity contribution >= 4 is 60.7 Å². The Labute approximate surface area is 353 Å². The Morgan fingerprint density at radius 2 is 0.952 bits per heavy atom. The molecule has 0 amide bonds. The van der Waals surface area contributed by atoms with Crippen molar-refractivity contribution in [1.29, 1.82) is 5.26 Å². The first-order valence-electron chi connectivity index (χ1n) is 19.4. The molecule has 0 atom stereocenters. The quantitative estimate of drug-likeness (QED) is 0.160. The van der Waals surface area contributed by atoms with Crippen LogP contribution in [-0.4, -0.2) is 9.13 Å². The Balaban J connectivity index is 1.40. The van der Waals surface area contributed by atoms with E-state index in [1.165, 1.54) is 12.1 Å². The minimum atomic E-state index is -4.84. The third-order valence-corrected chi connectivity index (χ3v) is 11.5. The molecule has 290 valence electrons. The molecule has 0 N–H and O–H groups in total. The van der Waals surface area contributed by atoms with Gasteiger partial charge in [0.15, 0.2) is 17.1 Å². The molecule has 0 fully saturated rings. The molecule has 0 radical (unpaired) electrons. The van der Waals surface area contributed by atoms with Crippen molar-refractivity contribution in [2.75, 3.05) is 0 Å². The number of alkyl halides is 3. The van der Waals surface area contributed by atoms with E-state index in [-0.39, 0.29) is 22.5 Å². The van der Waals surface area contributed by atoms with Gasteiger partial charge in [0, 0.05) is 21.5 Å². The van der Waals surface area contributed by atoms with Crippen LogP contribution in [0.2, 0.25) is 0 Å². The number of rotatable bonds is 5. The van der Waals surface area contributed by atoms with Gasteiger partial charge in [0.05, 0.1) is 70.4 Å². The molecule has 0 aliphatic heterocycles. The molecular formula is C53H27F3N6. The standard InChI is InChI=1S/C53H27F3N6/c1-58-43-19-9-6-15-36(43)33-24-26-40-37-16-7-10-21-46(37)61(49(40)28-33)50-29-41(52-42(53(54,55)56)18-12-20-44(52)59-2)45(60-3)30-51(50)62-47-22-11-8-17-38(47)39-25-23-32(27-48(39)62)35-14-5-4-13-34(35)31-57/h4-30H. The number of hydrogen-bond donors (Lipinski definition) is 0. The normalized spacial score (nSPS) is 11.4. The first-order valence-corrected chi connectivity index (χ1v) is 19.4. The maximum Gasteiger partial charge on any atom is 0.415 e. The monoisotopic (exact) mass is 804 g/mol. The molecular weight excluding hydrogens is 778 g/mol. The lowest BCUT2D eigenvalue weighted by Crippen LogP contribution is -2.08. The fraction of sp³-hybridized carbons (Fsp3) is 0.0189. The summed E-state index contributed by atoms with van der Waals surface area (Å²) in [5.41, 5.74) is 6.15. The van der Waals surface area contributed by atoms with E-state index in [2.05, 4.69) is 20.6 Å². The summed E-state index contributed by atoms with van der Waals surface area (Å²) >= 11 is 0. The fourth-order valence-electron chi connectivity index (χ4n) is 8.81. The SMILES string of the molecule is [C-]#[N+]c1ccccc1-c1ccc2c3ccccc3n(-c3cc(-c4c([N+]#[C-])cccc4C(F)(F)F)c([N+]#[C-])cc3-n3c4ccccc4c4ccc(-c5ccccc5C#N)cc43)c2c1. The minimum Gasteiger partial charge on any atom is -0.308 e. The Morgan fingerprint density at radius 3 is 1.55 bits per heavy atom. The van der Waals surface area contributed by atoms with Crippen LogP contribution in [0.15, 0.2) is 164 Å². The first-order chi connectivity index (χ1) is 30.2. The molecule has 0 aliphatic carbocycles. The number of halogens is 3. The third-order valence-electron chi connectivity index (χ3n) is 11.5. The molecule has 10 rings (SSSR count). The second-order valence-electron chi connectivity index (χ2n) is 14.7. The molecule has 0 saturated heterocycles. The molecule has 62 heavy (non-hydrogen) atoms. The van der Waals surface area contributed by atoms with Crippen molar-refractivity contribution in [2.45, 2.75) is 6.18 Å². The van der Waals surface area contributed by atoms with E-state index in [1.54, 1.807) is 24.3 Å². The Bertz CT molecular complexity index is 3690. The van der Waals surface area contributed by atoms with E-state index < -0.39 is 11.7 Å². The fourth-order valence-corrected chi connectivity index (χ4v) is 8.81. The highest BCUT2D eigenvalue weighted by Gasteiger charge is 2.36. The molecule has 0 unspecified atom stereocenters. The zero-order valence-corrected chi connectivity index (χ0v) is 32.4. The van der Waals surface area contributed by atoms with Crippen LogP contribution >= 0.6 is 0 Å². The number of fused-ring (bicyclic) bond motifs is 6. The number of aromatic nitrogens is 2. The van der Waals surface area contributed by atoms with E-state index >= 15 is 0 Å². The first kappa shape index (κ1) is 37.4. The van der Waals surface area contributed by atoms with Gasteiger partial charge in [0.25, 0.3) is 0 Å². The van der Waals surface area contributed by atoms with E-state index in [0.717, 1.165) is 66.4 Å². The number of nitrogens with zero attached hydrogens (tertiary/aromatic N) is 6. The summed E-state index contributed by atoms with van der Waals surface area (Å²) in [7, 11) is 0. The molecule has 2 aromatic heterocycles. The van der Waals surface area contributed by atoms with E-state index in [4.69, 9.17) is 19.7 Å². The van der Waals surface area contributed by atoms with Crippen LogP contribution in [0.5, 0.6) is 0 Å². The van der Waals surface area contributed by atoms with Crippen LogP contribution in [0.1, 0.15) is 11.1 Å². The third kappa shape index (κ3) is 5.77. The van der Waals surface area contributed by atoms with Gasteiger partial charge in [0.2, 0.25) is 0 Å². The highest BCUT2D eigenvalue weighted by Crippen LogP contribution is 2.49. The molecule has 0 aliphatic rings. The molecule has 0 bridgehead atoms. The van der Waals surface area contributed by atoms with Gasteiger partial charge in [-0.2, -0.15) is 18.4 Å². The summed E-state index contributed by atoms with van der Waals surface area (Å²) in [6.07, 6.45) is -4.84. The lowest BCUT2D eigenvalue weighted by molar-refractivity contribution is -0.137. The van der Waals surface area contributed by atoms with Gasteiger partial charge >= 0.3 is 6.18 Å². The van der Waals surface area contributed by atoms with Crippen molar-refractivity contribution in [2.24, 2.45) is 0 Å². The predicted octanol–water partition coefficient (Wildman–Crippen LogP) is 15.4. The Hall–Kier alpha value is -8.89. The largest absolute Gasteiger partial charge is 0.415 e. The lowest BCUT2D eigenvalue weighted by Gasteiger charge is -2.22. The zero-order chi connectivity index (χ0) is 42.7. The van der Waals surface area contributed by atoms with Gasteiger partial charge in [0.1, 0.15) is 0 Å². The van der Waals surface area contributed by atoms with Crippen molar-refractivity contribution in [1.82, 2.24) is 9.13 Å². The highest BCUT2D eigenvalue weighted by atomic mass is 19.4. The second-order valence-corrected chi connectivity index (χ2v) is 14.7. The molecule has 9 heteroatoms. The van der Waals surface area contributed by atoms with E-state index in [1.807, 2.05) is 130 Å².